The standard InChI is InChI=1S/C13H15F2NO5/c1-3-21-12(17)13(14,15)10(8-16(18)19)9-6-4-5-7-11(9)20-2/h4-7,10H,3,8H2,1-2H3. The van der Waals surface area contributed by atoms with Gasteiger partial charge >= 0.3 is 11.9 Å². The van der Waals surface area contributed by atoms with Crippen molar-refractivity contribution in [1.82, 2.24) is 0 Å². The molecule has 1 aromatic carbocycles. The number of hydrogen-bond acceptors (Lipinski definition) is 5. The van der Waals surface area contributed by atoms with Gasteiger partial charge < -0.3 is 9.47 Å². The fourth-order valence-electron chi connectivity index (χ4n) is 1.88. The number of rotatable bonds is 7. The molecule has 1 atom stereocenters. The molecule has 1 aromatic rings. The second-order valence-electron chi connectivity index (χ2n) is 4.15. The molecule has 8 heteroatoms. The molecular formula is C13H15F2NO5. The third kappa shape index (κ3) is 3.87. The number of carbonyl (C=O) groups excluding carboxylic acids is 1. The second kappa shape index (κ2) is 6.96. The molecule has 0 amide bonds. The first-order valence-corrected chi connectivity index (χ1v) is 6.14. The molecule has 0 aromatic heterocycles. The topological polar surface area (TPSA) is 78.7 Å². The summed E-state index contributed by atoms with van der Waals surface area (Å²) in [7, 11) is 1.25. The number of alkyl halides is 2. The molecule has 1 unspecified atom stereocenters. The molecule has 0 radical (unpaired) electrons. The lowest BCUT2D eigenvalue weighted by Gasteiger charge is -2.23. The lowest BCUT2D eigenvalue weighted by atomic mass is 9.91. The van der Waals surface area contributed by atoms with Crippen LogP contribution in [0.2, 0.25) is 0 Å². The van der Waals surface area contributed by atoms with Gasteiger partial charge in [-0.1, -0.05) is 18.2 Å². The summed E-state index contributed by atoms with van der Waals surface area (Å²) in [5.74, 6) is -7.74. The Bertz CT molecular complexity index is 521. The highest BCUT2D eigenvalue weighted by Gasteiger charge is 2.52. The summed E-state index contributed by atoms with van der Waals surface area (Å²) in [6.45, 7) is 0.0112. The Balaban J connectivity index is 3.28. The van der Waals surface area contributed by atoms with E-state index in [1.54, 1.807) is 0 Å². The van der Waals surface area contributed by atoms with Crippen LogP contribution in [-0.4, -0.2) is 37.1 Å². The number of nitrogens with zero attached hydrogens (tertiary/aromatic N) is 1. The molecule has 21 heavy (non-hydrogen) atoms. The van der Waals surface area contributed by atoms with E-state index < -0.39 is 29.3 Å². The Morgan fingerprint density at radius 1 is 1.43 bits per heavy atom. The Kier molecular flexibility index (Phi) is 5.57. The smallest absolute Gasteiger partial charge is 0.377 e. The zero-order valence-corrected chi connectivity index (χ0v) is 11.5. The van der Waals surface area contributed by atoms with Crippen LogP contribution in [0.25, 0.3) is 0 Å². The molecule has 0 fully saturated rings. The maximum absolute atomic E-state index is 14.2. The number of benzene rings is 1. The first-order valence-electron chi connectivity index (χ1n) is 6.14. The Hall–Kier alpha value is -2.25. The van der Waals surface area contributed by atoms with E-state index in [4.69, 9.17) is 4.74 Å². The van der Waals surface area contributed by atoms with Crippen molar-refractivity contribution in [3.05, 3.63) is 39.9 Å². The minimum atomic E-state index is -4.03. The number of hydrogen-bond donors (Lipinski definition) is 0. The van der Waals surface area contributed by atoms with E-state index in [-0.39, 0.29) is 17.9 Å². The van der Waals surface area contributed by atoms with E-state index in [0.29, 0.717) is 0 Å². The lowest BCUT2D eigenvalue weighted by molar-refractivity contribution is -0.487. The van der Waals surface area contributed by atoms with E-state index in [1.165, 1.54) is 38.3 Å². The SMILES string of the molecule is CCOC(=O)C(F)(F)C(C[N+](=O)[O-])c1ccccc1OC. The number of nitro groups is 1. The lowest BCUT2D eigenvalue weighted by Crippen LogP contribution is -2.40. The average molecular weight is 303 g/mol. The van der Waals surface area contributed by atoms with Gasteiger partial charge in [-0.05, 0) is 13.0 Å². The van der Waals surface area contributed by atoms with Gasteiger partial charge in [0.25, 0.3) is 0 Å². The van der Waals surface area contributed by atoms with Gasteiger partial charge in [-0.25, -0.2) is 4.79 Å². The van der Waals surface area contributed by atoms with E-state index in [1.807, 2.05) is 0 Å². The molecule has 6 nitrogen and oxygen atoms in total. The predicted octanol–water partition coefficient (Wildman–Crippen LogP) is 2.25. The highest BCUT2D eigenvalue weighted by molar-refractivity contribution is 5.79. The Morgan fingerprint density at radius 2 is 2.05 bits per heavy atom. The molecule has 0 saturated carbocycles. The third-order valence-electron chi connectivity index (χ3n) is 2.83. The number of para-hydroxylation sites is 1. The Labute approximate surface area is 119 Å². The highest BCUT2D eigenvalue weighted by Crippen LogP contribution is 2.39. The minimum absolute atomic E-state index is 0.0494. The van der Waals surface area contributed by atoms with Crippen molar-refractivity contribution in [3.8, 4) is 5.75 Å². The third-order valence-corrected chi connectivity index (χ3v) is 2.83. The fourth-order valence-corrected chi connectivity index (χ4v) is 1.88. The molecular weight excluding hydrogens is 288 g/mol. The molecule has 116 valence electrons. The van der Waals surface area contributed by atoms with Gasteiger partial charge in [0.2, 0.25) is 6.54 Å². The second-order valence-corrected chi connectivity index (χ2v) is 4.15. The van der Waals surface area contributed by atoms with Crippen LogP contribution < -0.4 is 4.74 Å². The van der Waals surface area contributed by atoms with Crippen molar-refractivity contribution < 1.29 is 28.0 Å². The summed E-state index contributed by atoms with van der Waals surface area (Å²) >= 11 is 0. The zero-order valence-electron chi connectivity index (χ0n) is 11.5. The molecule has 0 heterocycles. The maximum Gasteiger partial charge on any atom is 0.377 e. The van der Waals surface area contributed by atoms with Crippen LogP contribution >= 0.6 is 0 Å². The van der Waals surface area contributed by atoms with Crippen LogP contribution in [0.15, 0.2) is 24.3 Å². The molecule has 0 spiro atoms. The van der Waals surface area contributed by atoms with Gasteiger partial charge in [-0.15, -0.1) is 0 Å². The van der Waals surface area contributed by atoms with E-state index >= 15 is 0 Å². The molecule has 0 bridgehead atoms. The summed E-state index contributed by atoms with van der Waals surface area (Å²) in [6, 6.07) is 5.63. The monoisotopic (exact) mass is 303 g/mol. The van der Waals surface area contributed by atoms with Gasteiger partial charge in [0.1, 0.15) is 11.7 Å². The van der Waals surface area contributed by atoms with E-state index in [0.717, 1.165) is 0 Å². The summed E-state index contributed by atoms with van der Waals surface area (Å²) < 4.78 is 37.6. The number of ether oxygens (including phenoxy) is 2. The zero-order chi connectivity index (χ0) is 16.0. The Morgan fingerprint density at radius 3 is 2.57 bits per heavy atom. The van der Waals surface area contributed by atoms with Crippen LogP contribution in [0.5, 0.6) is 5.75 Å². The first-order chi connectivity index (χ1) is 9.84. The highest BCUT2D eigenvalue weighted by atomic mass is 19.3. The van der Waals surface area contributed by atoms with Gasteiger partial charge in [0.05, 0.1) is 13.7 Å². The fraction of sp³-hybridized carbons (Fsp3) is 0.462. The largest absolute Gasteiger partial charge is 0.496 e. The number of esters is 1. The van der Waals surface area contributed by atoms with Gasteiger partial charge in [0.15, 0.2) is 0 Å². The summed E-state index contributed by atoms with van der Waals surface area (Å²) in [5.41, 5.74) is -0.116. The number of methoxy groups -OCH3 is 1. The molecule has 0 aliphatic carbocycles. The maximum atomic E-state index is 14.2. The van der Waals surface area contributed by atoms with Crippen LogP contribution in [0.1, 0.15) is 18.4 Å². The van der Waals surface area contributed by atoms with Crippen molar-refractivity contribution in [2.24, 2.45) is 0 Å². The van der Waals surface area contributed by atoms with Gasteiger partial charge in [0, 0.05) is 10.5 Å². The van der Waals surface area contributed by atoms with Crippen molar-refractivity contribution in [3.63, 3.8) is 0 Å². The number of carbonyl (C=O) groups is 1. The van der Waals surface area contributed by atoms with Crippen LogP contribution in [0, 0.1) is 10.1 Å². The molecule has 0 saturated heterocycles. The van der Waals surface area contributed by atoms with Gasteiger partial charge in [-0.2, -0.15) is 8.78 Å². The van der Waals surface area contributed by atoms with E-state index in [9.17, 15) is 23.7 Å². The summed E-state index contributed by atoms with van der Waals surface area (Å²) in [4.78, 5) is 21.2. The van der Waals surface area contributed by atoms with Gasteiger partial charge in [-0.3, -0.25) is 10.1 Å². The normalized spacial score (nSPS) is 12.6. The molecule has 0 N–H and O–H groups in total. The van der Waals surface area contributed by atoms with Crippen molar-refractivity contribution in [2.45, 2.75) is 18.8 Å². The van der Waals surface area contributed by atoms with Crippen LogP contribution in [0.4, 0.5) is 8.78 Å². The minimum Gasteiger partial charge on any atom is -0.496 e. The van der Waals surface area contributed by atoms with Crippen molar-refractivity contribution >= 4 is 5.97 Å². The average Bonchev–Trinajstić information content (AvgIpc) is 2.44. The first kappa shape index (κ1) is 16.8. The molecule has 1 rings (SSSR count). The summed E-state index contributed by atoms with van der Waals surface area (Å²) in [5, 5.41) is 10.7. The van der Waals surface area contributed by atoms with Crippen LogP contribution in [-0.2, 0) is 9.53 Å². The molecule has 0 aliphatic rings. The summed E-state index contributed by atoms with van der Waals surface area (Å²) in [6.07, 6.45) is 0. The van der Waals surface area contributed by atoms with E-state index in [2.05, 4.69) is 4.74 Å². The molecule has 0 aliphatic heterocycles. The van der Waals surface area contributed by atoms with Crippen LogP contribution in [0.3, 0.4) is 0 Å². The number of halogens is 2. The van der Waals surface area contributed by atoms with Crippen molar-refractivity contribution in [2.75, 3.05) is 20.3 Å². The van der Waals surface area contributed by atoms with Crippen molar-refractivity contribution in [1.29, 1.82) is 0 Å². The quantitative estimate of drug-likeness (QED) is 0.438. The predicted molar refractivity (Wildman–Crippen MR) is 69.2 cm³/mol.